The van der Waals surface area contributed by atoms with E-state index < -0.39 is 0 Å². The van der Waals surface area contributed by atoms with Crippen LogP contribution in [-0.2, 0) is 0 Å². The average molecular weight is 271 g/mol. The smallest absolute Gasteiger partial charge is 0.0311 e. The van der Waals surface area contributed by atoms with Crippen LogP contribution in [0.1, 0.15) is 48.4 Å². The maximum absolute atomic E-state index is 2.37. The van der Waals surface area contributed by atoms with Crippen LogP contribution >= 0.6 is 0 Å². The Morgan fingerprint density at radius 2 is 1.62 bits per heavy atom. The average Bonchev–Trinajstić information content (AvgIpc) is 3.03. The minimum Gasteiger partial charge on any atom is -0.0619 e. The van der Waals surface area contributed by atoms with Crippen molar-refractivity contribution in [2.24, 2.45) is 0 Å². The van der Waals surface area contributed by atoms with Gasteiger partial charge in [0.25, 0.3) is 0 Å². The van der Waals surface area contributed by atoms with E-state index >= 15 is 0 Å². The highest BCUT2D eigenvalue weighted by Gasteiger charge is 2.32. The third kappa shape index (κ3) is 1.82. The summed E-state index contributed by atoms with van der Waals surface area (Å²) in [6.45, 7) is 4.53. The van der Waals surface area contributed by atoms with Crippen LogP contribution in [0.15, 0.2) is 59.7 Å². The summed E-state index contributed by atoms with van der Waals surface area (Å²) in [4.78, 5) is 0. The van der Waals surface area contributed by atoms with Gasteiger partial charge in [0.15, 0.2) is 0 Å². The van der Waals surface area contributed by atoms with Crippen molar-refractivity contribution >= 4 is 11.6 Å². The second kappa shape index (κ2) is 4.73. The van der Waals surface area contributed by atoms with Gasteiger partial charge in [0.05, 0.1) is 0 Å². The molecular weight excluding hydrogens is 252 g/mol. The lowest BCUT2D eigenvalue weighted by molar-refractivity contribution is 1.02. The molecule has 0 saturated heterocycles. The Morgan fingerprint density at radius 1 is 0.905 bits per heavy atom. The second-order valence-electron chi connectivity index (χ2n) is 5.97. The standard InChI is InChI=1S/C21H19/c1-3-15-13-17-9-5-7-11-19(17)21(15)20-14(2)12-16-8-4-6-10-18(16)20/h4-13,20H,3H2,1-2H3. The van der Waals surface area contributed by atoms with Gasteiger partial charge in [-0.25, -0.2) is 0 Å². The summed E-state index contributed by atoms with van der Waals surface area (Å²) < 4.78 is 0. The first-order valence-electron chi connectivity index (χ1n) is 7.74. The van der Waals surface area contributed by atoms with Gasteiger partial charge in [-0.15, -0.1) is 0 Å². The van der Waals surface area contributed by atoms with Gasteiger partial charge in [0, 0.05) is 12.3 Å². The normalized spacial score (nSPS) is 19.5. The predicted octanol–water partition coefficient (Wildman–Crippen LogP) is 5.62. The van der Waals surface area contributed by atoms with E-state index in [2.05, 4.69) is 74.9 Å². The molecule has 0 spiro atoms. The van der Waals surface area contributed by atoms with Crippen LogP contribution in [-0.4, -0.2) is 0 Å². The van der Waals surface area contributed by atoms with Crippen molar-refractivity contribution in [3.05, 3.63) is 88.4 Å². The molecule has 2 aromatic rings. The zero-order valence-corrected chi connectivity index (χ0v) is 12.6. The molecule has 21 heavy (non-hydrogen) atoms. The second-order valence-corrected chi connectivity index (χ2v) is 5.97. The van der Waals surface area contributed by atoms with Crippen LogP contribution in [0, 0.1) is 6.42 Å². The molecule has 1 unspecified atom stereocenters. The molecule has 0 N–H and O–H groups in total. The molecule has 0 nitrogen and oxygen atoms in total. The quantitative estimate of drug-likeness (QED) is 0.665. The number of benzene rings is 2. The Balaban J connectivity index is 1.92. The molecule has 0 bridgehead atoms. The molecule has 0 aromatic heterocycles. The monoisotopic (exact) mass is 271 g/mol. The van der Waals surface area contributed by atoms with Gasteiger partial charge in [0.2, 0.25) is 0 Å². The number of hydrogen-bond acceptors (Lipinski definition) is 0. The fourth-order valence-corrected chi connectivity index (χ4v) is 3.80. The van der Waals surface area contributed by atoms with Crippen LogP contribution in [0.25, 0.3) is 11.6 Å². The van der Waals surface area contributed by atoms with Gasteiger partial charge in [-0.2, -0.15) is 0 Å². The Morgan fingerprint density at radius 3 is 2.43 bits per heavy atom. The van der Waals surface area contributed by atoms with E-state index in [9.17, 15) is 0 Å². The molecule has 2 aromatic carbocycles. The van der Waals surface area contributed by atoms with Crippen LogP contribution in [0.5, 0.6) is 0 Å². The fraction of sp³-hybridized carbons (Fsp3) is 0.190. The SMILES string of the molecule is CCC1=C(C2C(C)=Cc3ccccc32)c2ccccc2[CH]1. The Hall–Kier alpha value is -2.08. The van der Waals surface area contributed by atoms with Crippen LogP contribution in [0.3, 0.4) is 0 Å². The van der Waals surface area contributed by atoms with Crippen molar-refractivity contribution in [1.29, 1.82) is 0 Å². The molecule has 103 valence electrons. The molecule has 2 aliphatic rings. The molecule has 1 radical (unpaired) electrons. The molecule has 4 rings (SSSR count). The van der Waals surface area contributed by atoms with E-state index in [0.29, 0.717) is 5.92 Å². The van der Waals surface area contributed by atoms with Gasteiger partial charge in [-0.1, -0.05) is 72.7 Å². The topological polar surface area (TPSA) is 0 Å². The lowest BCUT2D eigenvalue weighted by Gasteiger charge is -2.19. The van der Waals surface area contributed by atoms with E-state index in [1.54, 1.807) is 0 Å². The maximum Gasteiger partial charge on any atom is 0.0311 e. The Labute approximate surface area is 126 Å². The minimum absolute atomic E-state index is 0.427. The molecule has 0 heterocycles. The van der Waals surface area contributed by atoms with Crippen LogP contribution in [0.2, 0.25) is 0 Å². The first-order chi connectivity index (χ1) is 10.3. The molecule has 0 saturated carbocycles. The number of rotatable bonds is 2. The van der Waals surface area contributed by atoms with Gasteiger partial charge in [-0.05, 0) is 41.2 Å². The number of allylic oxidation sites excluding steroid dienone is 3. The van der Waals surface area contributed by atoms with E-state index in [0.717, 1.165) is 6.42 Å². The Bertz CT molecular complexity index is 774. The summed E-state index contributed by atoms with van der Waals surface area (Å²) in [5.74, 6) is 0.427. The Kier molecular flexibility index (Phi) is 2.85. The molecule has 1 atom stereocenters. The van der Waals surface area contributed by atoms with Crippen molar-refractivity contribution in [3.8, 4) is 0 Å². The minimum atomic E-state index is 0.427. The molecule has 0 amide bonds. The van der Waals surface area contributed by atoms with Crippen LogP contribution < -0.4 is 0 Å². The summed E-state index contributed by atoms with van der Waals surface area (Å²) >= 11 is 0. The zero-order chi connectivity index (χ0) is 14.4. The van der Waals surface area contributed by atoms with Crippen molar-refractivity contribution in [1.82, 2.24) is 0 Å². The third-order valence-electron chi connectivity index (χ3n) is 4.74. The predicted molar refractivity (Wildman–Crippen MR) is 89.9 cm³/mol. The lowest BCUT2D eigenvalue weighted by Crippen LogP contribution is -2.01. The summed E-state index contributed by atoms with van der Waals surface area (Å²) in [6.07, 6.45) is 5.82. The third-order valence-corrected chi connectivity index (χ3v) is 4.74. The zero-order valence-electron chi connectivity index (χ0n) is 12.6. The molecule has 0 fully saturated rings. The summed E-state index contributed by atoms with van der Waals surface area (Å²) in [6, 6.07) is 17.6. The highest BCUT2D eigenvalue weighted by Crippen LogP contribution is 2.50. The van der Waals surface area contributed by atoms with E-state index in [4.69, 9.17) is 0 Å². The first kappa shape index (κ1) is 12.6. The van der Waals surface area contributed by atoms with Gasteiger partial charge in [0.1, 0.15) is 0 Å². The lowest BCUT2D eigenvalue weighted by atomic mass is 9.84. The molecular formula is C21H19. The molecule has 2 aliphatic carbocycles. The van der Waals surface area contributed by atoms with Crippen molar-refractivity contribution < 1.29 is 0 Å². The fourth-order valence-electron chi connectivity index (χ4n) is 3.80. The van der Waals surface area contributed by atoms with Gasteiger partial charge < -0.3 is 0 Å². The van der Waals surface area contributed by atoms with Gasteiger partial charge in [-0.3, -0.25) is 0 Å². The summed E-state index contributed by atoms with van der Waals surface area (Å²) in [5, 5.41) is 0. The number of fused-ring (bicyclic) bond motifs is 2. The number of hydrogen-bond donors (Lipinski definition) is 0. The van der Waals surface area contributed by atoms with E-state index in [1.165, 1.54) is 39.0 Å². The summed E-state index contributed by atoms with van der Waals surface area (Å²) in [7, 11) is 0. The highest BCUT2D eigenvalue weighted by atomic mass is 14.4. The summed E-state index contributed by atoms with van der Waals surface area (Å²) in [5.41, 5.74) is 10.1. The largest absolute Gasteiger partial charge is 0.0619 e. The molecule has 0 heteroatoms. The maximum atomic E-state index is 2.37. The van der Waals surface area contributed by atoms with E-state index in [-0.39, 0.29) is 0 Å². The highest BCUT2D eigenvalue weighted by molar-refractivity contribution is 5.89. The van der Waals surface area contributed by atoms with Crippen molar-refractivity contribution in [3.63, 3.8) is 0 Å². The first-order valence-corrected chi connectivity index (χ1v) is 7.74. The van der Waals surface area contributed by atoms with Crippen molar-refractivity contribution in [2.45, 2.75) is 26.2 Å². The van der Waals surface area contributed by atoms with E-state index in [1.807, 2.05) is 0 Å². The van der Waals surface area contributed by atoms with Gasteiger partial charge >= 0.3 is 0 Å². The van der Waals surface area contributed by atoms with Crippen molar-refractivity contribution in [2.75, 3.05) is 0 Å². The molecule has 0 aliphatic heterocycles. The van der Waals surface area contributed by atoms with Crippen LogP contribution in [0.4, 0.5) is 0 Å².